The molecule has 0 saturated heterocycles. The lowest BCUT2D eigenvalue weighted by molar-refractivity contribution is -0.138. The first kappa shape index (κ1) is 11.3. The molecule has 0 amide bonds. The van der Waals surface area contributed by atoms with Gasteiger partial charge in [0.1, 0.15) is 11.9 Å². The number of aromatic amines is 1. The normalized spacial score (nSPS) is 12.3. The number of nitrogens with one attached hydrogen (secondary N) is 1. The Balaban J connectivity index is 2.11. The zero-order chi connectivity index (χ0) is 12.3. The fraction of sp³-hybridized carbons (Fsp3) is 0.167. The molecule has 1 atom stereocenters. The Kier molecular flexibility index (Phi) is 3.20. The quantitative estimate of drug-likeness (QED) is 0.732. The molecule has 0 saturated carbocycles. The van der Waals surface area contributed by atoms with Gasteiger partial charge >= 0.3 is 5.97 Å². The van der Waals surface area contributed by atoms with Gasteiger partial charge in [0.15, 0.2) is 0 Å². The average Bonchev–Trinajstić information content (AvgIpc) is 2.83. The molecule has 1 aromatic carbocycles. The van der Waals surface area contributed by atoms with Gasteiger partial charge in [-0.05, 0) is 12.0 Å². The van der Waals surface area contributed by atoms with Gasteiger partial charge in [0, 0.05) is 18.0 Å². The molecule has 5 nitrogen and oxygen atoms in total. The maximum atomic E-state index is 10.6. The van der Waals surface area contributed by atoms with Gasteiger partial charge in [-0.3, -0.25) is 4.79 Å². The first-order valence-corrected chi connectivity index (χ1v) is 5.24. The van der Waals surface area contributed by atoms with Crippen molar-refractivity contribution in [1.82, 2.24) is 9.97 Å². The number of carboxylic acids is 1. The van der Waals surface area contributed by atoms with Gasteiger partial charge in [-0.25, -0.2) is 4.98 Å². The summed E-state index contributed by atoms with van der Waals surface area (Å²) in [6, 6.07) is 6.65. The van der Waals surface area contributed by atoms with Gasteiger partial charge in [0.25, 0.3) is 0 Å². The average molecular weight is 231 g/mol. The van der Waals surface area contributed by atoms with Crippen LogP contribution in [0, 0.1) is 0 Å². The van der Waals surface area contributed by atoms with Crippen LogP contribution in [0.4, 0.5) is 0 Å². The molecule has 1 aromatic heterocycles. The van der Waals surface area contributed by atoms with E-state index in [0.29, 0.717) is 6.42 Å². The van der Waals surface area contributed by atoms with Gasteiger partial charge in [-0.1, -0.05) is 24.3 Å². The maximum Gasteiger partial charge on any atom is 0.320 e. The smallest absolute Gasteiger partial charge is 0.320 e. The second-order valence-corrected chi connectivity index (χ2v) is 3.78. The van der Waals surface area contributed by atoms with Gasteiger partial charge in [-0.15, -0.1) is 0 Å². The largest absolute Gasteiger partial charge is 0.480 e. The molecule has 2 aromatic rings. The van der Waals surface area contributed by atoms with E-state index >= 15 is 0 Å². The number of hydrogen-bond donors (Lipinski definition) is 3. The van der Waals surface area contributed by atoms with Crippen molar-refractivity contribution < 1.29 is 9.90 Å². The van der Waals surface area contributed by atoms with E-state index in [-0.39, 0.29) is 0 Å². The van der Waals surface area contributed by atoms with Crippen LogP contribution in [0.2, 0.25) is 0 Å². The van der Waals surface area contributed by atoms with Crippen molar-refractivity contribution in [3.05, 3.63) is 42.2 Å². The van der Waals surface area contributed by atoms with Gasteiger partial charge in [0.05, 0.1) is 0 Å². The summed E-state index contributed by atoms with van der Waals surface area (Å²) >= 11 is 0. The van der Waals surface area contributed by atoms with Crippen LogP contribution in [0.3, 0.4) is 0 Å². The topological polar surface area (TPSA) is 92.0 Å². The van der Waals surface area contributed by atoms with E-state index in [9.17, 15) is 4.79 Å². The minimum Gasteiger partial charge on any atom is -0.480 e. The molecular weight excluding hydrogens is 218 g/mol. The zero-order valence-electron chi connectivity index (χ0n) is 9.13. The number of nitrogens with zero attached hydrogens (tertiary/aromatic N) is 1. The van der Waals surface area contributed by atoms with Crippen LogP contribution in [0.15, 0.2) is 36.7 Å². The monoisotopic (exact) mass is 231 g/mol. The number of H-pyrrole nitrogens is 1. The molecule has 1 heterocycles. The van der Waals surface area contributed by atoms with E-state index < -0.39 is 12.0 Å². The van der Waals surface area contributed by atoms with Crippen molar-refractivity contribution >= 4 is 5.97 Å². The molecule has 0 fully saturated rings. The molecule has 88 valence electrons. The number of aliphatic carboxylic acids is 1. The van der Waals surface area contributed by atoms with Crippen molar-refractivity contribution in [3.8, 4) is 11.4 Å². The number of rotatable bonds is 4. The molecule has 0 aliphatic carbocycles. The van der Waals surface area contributed by atoms with E-state index in [0.717, 1.165) is 17.0 Å². The highest BCUT2D eigenvalue weighted by atomic mass is 16.4. The summed E-state index contributed by atoms with van der Waals surface area (Å²) in [6.07, 6.45) is 3.76. The van der Waals surface area contributed by atoms with Crippen LogP contribution in [-0.4, -0.2) is 27.1 Å². The van der Waals surface area contributed by atoms with E-state index in [1.54, 1.807) is 12.4 Å². The second kappa shape index (κ2) is 4.80. The molecule has 2 rings (SSSR count). The van der Waals surface area contributed by atoms with Crippen LogP contribution in [0.5, 0.6) is 0 Å². The van der Waals surface area contributed by atoms with Crippen molar-refractivity contribution in [2.45, 2.75) is 12.5 Å². The minimum absolute atomic E-state index is 0.327. The lowest BCUT2D eigenvalue weighted by Crippen LogP contribution is -2.32. The highest BCUT2D eigenvalue weighted by Gasteiger charge is 2.11. The summed E-state index contributed by atoms with van der Waals surface area (Å²) in [5.74, 6) is -0.195. The van der Waals surface area contributed by atoms with E-state index in [1.165, 1.54) is 0 Å². The SMILES string of the molecule is NC(Cc1ccc(-c2ncc[nH]2)cc1)C(=O)O. The number of carbonyl (C=O) groups is 1. The Morgan fingerprint density at radius 1 is 1.41 bits per heavy atom. The maximum absolute atomic E-state index is 10.6. The molecule has 0 aliphatic heterocycles. The number of nitrogens with two attached hydrogens (primary N) is 1. The Morgan fingerprint density at radius 2 is 2.12 bits per heavy atom. The van der Waals surface area contributed by atoms with Gasteiger partial charge in [-0.2, -0.15) is 0 Å². The number of carboxylic acid groups (broad SMARTS) is 1. The lowest BCUT2D eigenvalue weighted by Gasteiger charge is -2.06. The Morgan fingerprint density at radius 3 is 2.65 bits per heavy atom. The summed E-state index contributed by atoms with van der Waals surface area (Å²) in [6.45, 7) is 0. The molecule has 0 radical (unpaired) electrons. The highest BCUT2D eigenvalue weighted by molar-refractivity contribution is 5.73. The van der Waals surface area contributed by atoms with Crippen molar-refractivity contribution in [1.29, 1.82) is 0 Å². The molecule has 4 N–H and O–H groups in total. The highest BCUT2D eigenvalue weighted by Crippen LogP contribution is 2.15. The first-order valence-electron chi connectivity index (χ1n) is 5.24. The summed E-state index contributed by atoms with van der Waals surface area (Å²) in [7, 11) is 0. The van der Waals surface area contributed by atoms with Crippen molar-refractivity contribution in [2.24, 2.45) is 5.73 Å². The molecule has 1 unspecified atom stereocenters. The van der Waals surface area contributed by atoms with E-state index in [1.807, 2.05) is 24.3 Å². The Hall–Kier alpha value is -2.14. The molecule has 0 aliphatic rings. The summed E-state index contributed by atoms with van der Waals surface area (Å²) in [4.78, 5) is 17.8. The van der Waals surface area contributed by atoms with E-state index in [2.05, 4.69) is 9.97 Å². The van der Waals surface area contributed by atoms with Crippen LogP contribution in [-0.2, 0) is 11.2 Å². The molecule has 0 bridgehead atoms. The number of aromatic nitrogens is 2. The van der Waals surface area contributed by atoms with Crippen LogP contribution in [0.1, 0.15) is 5.56 Å². The van der Waals surface area contributed by atoms with E-state index in [4.69, 9.17) is 10.8 Å². The fourth-order valence-electron chi connectivity index (χ4n) is 1.56. The summed E-state index contributed by atoms with van der Waals surface area (Å²) in [5, 5.41) is 8.71. The molecule has 17 heavy (non-hydrogen) atoms. The minimum atomic E-state index is -0.986. The van der Waals surface area contributed by atoms with Gasteiger partial charge in [0.2, 0.25) is 0 Å². The molecule has 0 spiro atoms. The lowest BCUT2D eigenvalue weighted by atomic mass is 10.0. The Labute approximate surface area is 98.3 Å². The predicted molar refractivity (Wildman–Crippen MR) is 63.3 cm³/mol. The standard InChI is InChI=1S/C12H13N3O2/c13-10(12(16)17)7-8-1-3-9(4-2-8)11-14-5-6-15-11/h1-6,10H,7,13H2,(H,14,15)(H,16,17). The van der Waals surface area contributed by atoms with Gasteiger partial charge < -0.3 is 15.8 Å². The van der Waals surface area contributed by atoms with Crippen LogP contribution < -0.4 is 5.73 Å². The van der Waals surface area contributed by atoms with Crippen molar-refractivity contribution in [2.75, 3.05) is 0 Å². The first-order chi connectivity index (χ1) is 8.16. The third-order valence-corrected chi connectivity index (χ3v) is 2.50. The predicted octanol–water partition coefficient (Wildman–Crippen LogP) is 1.03. The van der Waals surface area contributed by atoms with Crippen LogP contribution in [0.25, 0.3) is 11.4 Å². The zero-order valence-corrected chi connectivity index (χ0v) is 9.13. The third-order valence-electron chi connectivity index (χ3n) is 2.50. The molecular formula is C12H13N3O2. The second-order valence-electron chi connectivity index (χ2n) is 3.78. The molecule has 5 heteroatoms. The third kappa shape index (κ3) is 2.70. The van der Waals surface area contributed by atoms with Crippen molar-refractivity contribution in [3.63, 3.8) is 0 Å². The number of hydrogen-bond acceptors (Lipinski definition) is 3. The summed E-state index contributed by atoms with van der Waals surface area (Å²) < 4.78 is 0. The number of imidazole rings is 1. The summed E-state index contributed by atoms with van der Waals surface area (Å²) in [5.41, 5.74) is 7.32. The number of benzene rings is 1. The van der Waals surface area contributed by atoms with Crippen LogP contribution >= 0.6 is 0 Å². The Bertz CT molecular complexity index is 491. The fourth-order valence-corrected chi connectivity index (χ4v) is 1.56.